The summed E-state index contributed by atoms with van der Waals surface area (Å²) in [5, 5.41) is 20.5. The molecule has 1 aromatic carbocycles. The fraction of sp³-hybridized carbons (Fsp3) is 0.360. The molecule has 1 unspecified atom stereocenters. The van der Waals surface area contributed by atoms with Gasteiger partial charge in [-0.05, 0) is 43.2 Å². The Morgan fingerprint density at radius 2 is 1.81 bits per heavy atom. The number of pyridine rings is 2. The fourth-order valence-corrected chi connectivity index (χ4v) is 4.06. The van der Waals surface area contributed by atoms with E-state index in [9.17, 15) is 20.0 Å². The van der Waals surface area contributed by atoms with Gasteiger partial charge in [0.2, 0.25) is 0 Å². The SMILES string of the molecule is CC.CC.Cc1c(C#N)cc2nc3c(cc2c1C)Cn1c-3cc2c(c1=O)COC(=O)C2O. The molecule has 4 heterocycles. The Balaban J connectivity index is 0.000000686. The Morgan fingerprint density at radius 3 is 2.47 bits per heavy atom. The number of cyclic esters (lactones) is 1. The summed E-state index contributed by atoms with van der Waals surface area (Å²) in [7, 11) is 0. The summed E-state index contributed by atoms with van der Waals surface area (Å²) in [6, 6.07) is 7.61. The number of aromatic nitrogens is 2. The average Bonchev–Trinajstić information content (AvgIpc) is 3.18. The number of hydrogen-bond donors (Lipinski definition) is 1. The van der Waals surface area contributed by atoms with E-state index in [0.717, 1.165) is 22.1 Å². The first-order valence-corrected chi connectivity index (χ1v) is 10.9. The monoisotopic (exact) mass is 433 g/mol. The molecule has 1 N–H and O–H groups in total. The molecule has 0 bridgehead atoms. The van der Waals surface area contributed by atoms with Crippen LogP contribution in [0, 0.1) is 25.2 Å². The number of aryl methyl sites for hydroxylation is 1. The van der Waals surface area contributed by atoms with Gasteiger partial charge < -0.3 is 14.4 Å². The maximum absolute atomic E-state index is 12.9. The normalized spacial score (nSPS) is 15.2. The maximum Gasteiger partial charge on any atom is 0.340 e. The van der Waals surface area contributed by atoms with Crippen molar-refractivity contribution in [3.63, 3.8) is 0 Å². The van der Waals surface area contributed by atoms with Crippen LogP contribution in [0.3, 0.4) is 0 Å². The van der Waals surface area contributed by atoms with Crippen LogP contribution in [0.4, 0.5) is 0 Å². The highest BCUT2D eigenvalue weighted by Crippen LogP contribution is 2.36. The molecule has 7 heteroatoms. The minimum atomic E-state index is -1.47. The van der Waals surface area contributed by atoms with Crippen LogP contribution in [0.2, 0.25) is 0 Å². The van der Waals surface area contributed by atoms with Crippen LogP contribution in [0.25, 0.3) is 22.3 Å². The molecule has 0 spiro atoms. The number of aliphatic hydroxyl groups excluding tert-OH is 1. The number of carbonyl (C=O) groups is 1. The predicted octanol–water partition coefficient (Wildman–Crippen LogP) is 4.06. The topological polar surface area (TPSA) is 105 Å². The molecule has 2 aromatic heterocycles. The van der Waals surface area contributed by atoms with Crippen LogP contribution in [0.1, 0.15) is 67.2 Å². The summed E-state index contributed by atoms with van der Waals surface area (Å²) in [5.41, 5.74) is 5.52. The van der Waals surface area contributed by atoms with Crippen molar-refractivity contribution in [2.75, 3.05) is 0 Å². The molecule has 32 heavy (non-hydrogen) atoms. The zero-order valence-electron chi connectivity index (χ0n) is 19.2. The average molecular weight is 434 g/mol. The third-order valence-electron chi connectivity index (χ3n) is 5.79. The molecule has 1 atom stereocenters. The lowest BCUT2D eigenvalue weighted by molar-refractivity contribution is -0.157. The van der Waals surface area contributed by atoms with E-state index in [2.05, 4.69) is 6.07 Å². The van der Waals surface area contributed by atoms with Crippen molar-refractivity contribution in [1.29, 1.82) is 5.26 Å². The highest BCUT2D eigenvalue weighted by Gasteiger charge is 2.33. The smallest absolute Gasteiger partial charge is 0.340 e. The predicted molar refractivity (Wildman–Crippen MR) is 122 cm³/mol. The van der Waals surface area contributed by atoms with Gasteiger partial charge in [0.25, 0.3) is 5.56 Å². The van der Waals surface area contributed by atoms with Crippen LogP contribution in [-0.4, -0.2) is 20.6 Å². The number of nitrogens with zero attached hydrogens (tertiary/aromatic N) is 3. The molecule has 3 aromatic rings. The molecule has 2 aliphatic rings. The molecule has 0 fully saturated rings. The van der Waals surface area contributed by atoms with Gasteiger partial charge in [0.05, 0.1) is 40.6 Å². The number of esters is 1. The van der Waals surface area contributed by atoms with Gasteiger partial charge in [-0.3, -0.25) is 4.79 Å². The van der Waals surface area contributed by atoms with E-state index in [1.807, 2.05) is 47.6 Å². The minimum absolute atomic E-state index is 0.139. The van der Waals surface area contributed by atoms with Crippen molar-refractivity contribution >= 4 is 16.9 Å². The molecule has 2 aliphatic heterocycles. The third-order valence-corrected chi connectivity index (χ3v) is 5.79. The van der Waals surface area contributed by atoms with Gasteiger partial charge in [0, 0.05) is 16.5 Å². The Morgan fingerprint density at radius 1 is 1.12 bits per heavy atom. The van der Waals surface area contributed by atoms with E-state index in [-0.39, 0.29) is 17.7 Å². The zero-order valence-corrected chi connectivity index (χ0v) is 19.2. The lowest BCUT2D eigenvalue weighted by Crippen LogP contribution is -2.32. The maximum atomic E-state index is 12.9. The number of nitriles is 1. The first-order valence-electron chi connectivity index (χ1n) is 10.9. The quantitative estimate of drug-likeness (QED) is 0.419. The second kappa shape index (κ2) is 8.93. The van der Waals surface area contributed by atoms with E-state index in [0.29, 0.717) is 34.6 Å². The summed E-state index contributed by atoms with van der Waals surface area (Å²) in [5.74, 6) is -0.758. The molecular weight excluding hydrogens is 406 g/mol. The Hall–Kier alpha value is -3.50. The first-order chi connectivity index (χ1) is 15.4. The fourth-order valence-electron chi connectivity index (χ4n) is 4.06. The number of carbonyl (C=O) groups excluding carboxylic acids is 1. The number of fused-ring (bicyclic) bond motifs is 5. The van der Waals surface area contributed by atoms with Gasteiger partial charge in [-0.25, -0.2) is 9.78 Å². The van der Waals surface area contributed by atoms with Gasteiger partial charge >= 0.3 is 5.97 Å². The second-order valence-corrected chi connectivity index (χ2v) is 7.21. The number of hydrogen-bond acceptors (Lipinski definition) is 6. The van der Waals surface area contributed by atoms with Crippen molar-refractivity contribution in [3.05, 3.63) is 61.9 Å². The number of rotatable bonds is 0. The van der Waals surface area contributed by atoms with Crippen molar-refractivity contribution in [2.24, 2.45) is 0 Å². The van der Waals surface area contributed by atoms with E-state index in [4.69, 9.17) is 9.72 Å². The highest BCUT2D eigenvalue weighted by molar-refractivity contribution is 5.89. The van der Waals surface area contributed by atoms with E-state index in [1.54, 1.807) is 16.7 Å². The standard InChI is InChI=1S/C21H15N3O4.2C2H6/c1-9-10(2)13-3-12-7-24-17(18(12)23-16(13)4-11(9)6-22)5-14-15(20(24)26)8-28-21(27)19(14)25;2*1-2/h3-5,19,25H,7-8H2,1-2H3;2*1-2H3. The summed E-state index contributed by atoms with van der Waals surface area (Å²) in [4.78, 5) is 29.4. The van der Waals surface area contributed by atoms with Gasteiger partial charge in [0.1, 0.15) is 6.61 Å². The molecule has 0 saturated carbocycles. The highest BCUT2D eigenvalue weighted by atomic mass is 16.5. The number of aliphatic hydroxyl groups is 1. The Labute approximate surface area is 186 Å². The van der Waals surface area contributed by atoms with E-state index in [1.165, 1.54) is 0 Å². The van der Waals surface area contributed by atoms with Gasteiger partial charge in [-0.1, -0.05) is 27.7 Å². The molecular formula is C25H27N3O4. The van der Waals surface area contributed by atoms with E-state index >= 15 is 0 Å². The summed E-state index contributed by atoms with van der Waals surface area (Å²) in [6.45, 7) is 12.1. The number of ether oxygens (including phenoxy) is 1. The third kappa shape index (κ3) is 3.37. The first kappa shape index (κ1) is 23.2. The van der Waals surface area contributed by atoms with Crippen LogP contribution in [-0.2, 0) is 22.7 Å². The van der Waals surface area contributed by atoms with E-state index < -0.39 is 12.1 Å². The Bertz CT molecular complexity index is 1330. The van der Waals surface area contributed by atoms with Crippen LogP contribution in [0.15, 0.2) is 23.0 Å². The second-order valence-electron chi connectivity index (χ2n) is 7.21. The number of benzene rings is 1. The lowest BCUT2D eigenvalue weighted by Gasteiger charge is -2.21. The van der Waals surface area contributed by atoms with Crippen LogP contribution < -0.4 is 5.56 Å². The zero-order chi connectivity index (χ0) is 23.7. The molecule has 5 rings (SSSR count). The van der Waals surface area contributed by atoms with Gasteiger partial charge in [0.15, 0.2) is 6.10 Å². The summed E-state index contributed by atoms with van der Waals surface area (Å²) in [6.07, 6.45) is -1.47. The summed E-state index contributed by atoms with van der Waals surface area (Å²) >= 11 is 0. The van der Waals surface area contributed by atoms with Crippen molar-refractivity contribution in [3.8, 4) is 17.5 Å². The minimum Gasteiger partial charge on any atom is -0.458 e. The molecule has 0 radical (unpaired) electrons. The molecule has 0 amide bonds. The molecule has 0 saturated heterocycles. The van der Waals surface area contributed by atoms with Crippen molar-refractivity contribution in [1.82, 2.24) is 9.55 Å². The van der Waals surface area contributed by atoms with Crippen LogP contribution >= 0.6 is 0 Å². The van der Waals surface area contributed by atoms with Gasteiger partial charge in [-0.2, -0.15) is 5.26 Å². The Kier molecular flexibility index (Phi) is 6.47. The molecule has 7 nitrogen and oxygen atoms in total. The molecule has 166 valence electrons. The summed E-state index contributed by atoms with van der Waals surface area (Å²) < 4.78 is 6.50. The van der Waals surface area contributed by atoms with Crippen LogP contribution in [0.5, 0.6) is 0 Å². The van der Waals surface area contributed by atoms with Crippen molar-refractivity contribution in [2.45, 2.75) is 60.8 Å². The van der Waals surface area contributed by atoms with Crippen molar-refractivity contribution < 1.29 is 14.6 Å². The molecule has 0 aliphatic carbocycles. The van der Waals surface area contributed by atoms with Gasteiger partial charge in [-0.15, -0.1) is 0 Å². The lowest BCUT2D eigenvalue weighted by atomic mass is 9.97. The largest absolute Gasteiger partial charge is 0.458 e.